The van der Waals surface area contributed by atoms with Crippen LogP contribution < -0.4 is 11.1 Å². The van der Waals surface area contributed by atoms with Gasteiger partial charge in [-0.05, 0) is 67.4 Å². The predicted octanol–water partition coefficient (Wildman–Crippen LogP) is 5.22. The molecule has 1 aliphatic rings. The van der Waals surface area contributed by atoms with E-state index < -0.39 is 0 Å². The average Bonchev–Trinajstić information content (AvgIpc) is 2.85. The molecule has 3 aromatic rings. The zero-order valence-electron chi connectivity index (χ0n) is 18.5. The molecule has 0 atom stereocenters. The number of amides is 1. The fourth-order valence-corrected chi connectivity index (χ4v) is 4.93. The van der Waals surface area contributed by atoms with Gasteiger partial charge in [0.25, 0.3) is 5.91 Å². The van der Waals surface area contributed by atoms with Crippen LogP contribution in [0, 0.1) is 5.92 Å². The van der Waals surface area contributed by atoms with E-state index in [1.54, 1.807) is 11.8 Å². The predicted molar refractivity (Wildman–Crippen MR) is 134 cm³/mol. The van der Waals surface area contributed by atoms with E-state index in [-0.39, 0.29) is 11.9 Å². The summed E-state index contributed by atoms with van der Waals surface area (Å²) in [4.78, 5) is 16.3. The summed E-state index contributed by atoms with van der Waals surface area (Å²) in [6.07, 6.45) is 4.13. The van der Waals surface area contributed by atoms with Gasteiger partial charge in [0, 0.05) is 17.1 Å². The molecule has 1 aliphatic heterocycles. The minimum Gasteiger partial charge on any atom is -0.398 e. The van der Waals surface area contributed by atoms with Gasteiger partial charge in [-0.3, -0.25) is 9.69 Å². The number of carbonyl (C=O) groups excluding carboxylic acids is 1. The number of piperidine rings is 1. The number of carbonyl (C=O) groups is 1. The van der Waals surface area contributed by atoms with Crippen molar-refractivity contribution in [2.75, 3.05) is 31.6 Å². The van der Waals surface area contributed by atoms with Crippen molar-refractivity contribution in [3.8, 4) is 0 Å². The number of nitrogens with zero attached hydrogens (tertiary/aromatic N) is 1. The number of nitrogens with two attached hydrogens (primary N) is 1. The first-order valence-corrected chi connectivity index (χ1v) is 12.4. The summed E-state index contributed by atoms with van der Waals surface area (Å²) in [5.41, 5.74) is 9.80. The lowest BCUT2D eigenvalue weighted by molar-refractivity contribution is 0.0931. The van der Waals surface area contributed by atoms with Crippen LogP contribution in [0.5, 0.6) is 0 Å². The van der Waals surface area contributed by atoms with E-state index in [0.717, 1.165) is 30.8 Å². The molecule has 0 aliphatic carbocycles. The number of likely N-dealkylation sites (tertiary alicyclic amines) is 1. The van der Waals surface area contributed by atoms with Crippen molar-refractivity contribution in [3.63, 3.8) is 0 Å². The molecular formula is C27H31N3OS. The van der Waals surface area contributed by atoms with Crippen molar-refractivity contribution in [1.82, 2.24) is 10.2 Å². The monoisotopic (exact) mass is 445 g/mol. The summed E-state index contributed by atoms with van der Waals surface area (Å²) in [6, 6.07) is 27.4. The molecule has 4 rings (SSSR count). The summed E-state index contributed by atoms with van der Waals surface area (Å²) in [7, 11) is 0. The van der Waals surface area contributed by atoms with Crippen molar-refractivity contribution in [2.24, 2.45) is 5.92 Å². The van der Waals surface area contributed by atoms with Crippen LogP contribution in [0.3, 0.4) is 0 Å². The summed E-state index contributed by atoms with van der Waals surface area (Å²) < 4.78 is 0. The fourth-order valence-electron chi connectivity index (χ4n) is 4.49. The number of thioether (sulfide) groups is 1. The van der Waals surface area contributed by atoms with Gasteiger partial charge in [-0.15, -0.1) is 11.8 Å². The van der Waals surface area contributed by atoms with Crippen molar-refractivity contribution in [2.45, 2.75) is 23.8 Å². The highest BCUT2D eigenvalue weighted by atomic mass is 32.2. The van der Waals surface area contributed by atoms with Crippen LogP contribution in [0.4, 0.5) is 5.69 Å². The minimum atomic E-state index is -0.0766. The van der Waals surface area contributed by atoms with Crippen LogP contribution in [0.2, 0.25) is 0 Å². The molecule has 4 nitrogen and oxygen atoms in total. The van der Waals surface area contributed by atoms with Gasteiger partial charge in [-0.2, -0.15) is 0 Å². The Morgan fingerprint density at radius 1 is 1.00 bits per heavy atom. The number of rotatable bonds is 7. The Bertz CT molecular complexity index is 978. The second kappa shape index (κ2) is 10.7. The molecule has 3 N–H and O–H groups in total. The molecule has 1 heterocycles. The highest BCUT2D eigenvalue weighted by Gasteiger charge is 2.27. The lowest BCUT2D eigenvalue weighted by Crippen LogP contribution is -2.40. The van der Waals surface area contributed by atoms with E-state index in [1.165, 1.54) is 11.1 Å². The van der Waals surface area contributed by atoms with Gasteiger partial charge >= 0.3 is 0 Å². The minimum absolute atomic E-state index is 0.0766. The quantitative estimate of drug-likeness (QED) is 0.387. The van der Waals surface area contributed by atoms with Crippen molar-refractivity contribution >= 4 is 23.4 Å². The largest absolute Gasteiger partial charge is 0.398 e. The van der Waals surface area contributed by atoms with Crippen LogP contribution in [-0.4, -0.2) is 36.7 Å². The number of nitrogen functional groups attached to an aromatic ring is 1. The number of benzene rings is 3. The van der Waals surface area contributed by atoms with Gasteiger partial charge in [0.05, 0.1) is 11.6 Å². The van der Waals surface area contributed by atoms with Crippen molar-refractivity contribution in [1.29, 1.82) is 0 Å². The van der Waals surface area contributed by atoms with E-state index in [2.05, 4.69) is 70.9 Å². The third-order valence-corrected chi connectivity index (χ3v) is 7.03. The maximum atomic E-state index is 12.7. The molecule has 0 spiro atoms. The molecule has 0 unspecified atom stereocenters. The maximum absolute atomic E-state index is 12.7. The first-order chi connectivity index (χ1) is 15.7. The van der Waals surface area contributed by atoms with Gasteiger partial charge < -0.3 is 11.1 Å². The van der Waals surface area contributed by atoms with E-state index >= 15 is 0 Å². The Morgan fingerprint density at radius 2 is 1.59 bits per heavy atom. The molecule has 32 heavy (non-hydrogen) atoms. The van der Waals surface area contributed by atoms with Crippen LogP contribution in [0.1, 0.15) is 40.4 Å². The van der Waals surface area contributed by atoms with E-state index in [1.807, 2.05) is 24.5 Å². The number of hydrogen-bond donors (Lipinski definition) is 2. The summed E-state index contributed by atoms with van der Waals surface area (Å²) >= 11 is 1.61. The molecule has 1 saturated heterocycles. The third-order valence-electron chi connectivity index (χ3n) is 6.30. The summed E-state index contributed by atoms with van der Waals surface area (Å²) in [5, 5.41) is 3.12. The Morgan fingerprint density at radius 3 is 2.16 bits per heavy atom. The van der Waals surface area contributed by atoms with Gasteiger partial charge in [-0.25, -0.2) is 0 Å². The molecule has 5 heteroatoms. The highest BCUT2D eigenvalue weighted by molar-refractivity contribution is 7.98. The smallest absolute Gasteiger partial charge is 0.253 e. The second-order valence-corrected chi connectivity index (χ2v) is 9.25. The maximum Gasteiger partial charge on any atom is 0.253 e. The topological polar surface area (TPSA) is 58.4 Å². The van der Waals surface area contributed by atoms with Crippen LogP contribution >= 0.6 is 11.8 Å². The third kappa shape index (κ3) is 5.34. The molecule has 1 amide bonds. The SMILES string of the molecule is CSc1ccc(N)c(C(=O)NCC2CCN(C(c3ccccc3)c3ccccc3)CC2)c1. The van der Waals surface area contributed by atoms with Crippen molar-refractivity contribution in [3.05, 3.63) is 95.6 Å². The van der Waals surface area contributed by atoms with E-state index in [9.17, 15) is 4.79 Å². The normalized spacial score (nSPS) is 15.1. The molecule has 3 aromatic carbocycles. The number of hydrogen-bond acceptors (Lipinski definition) is 4. The molecule has 166 valence electrons. The summed E-state index contributed by atoms with van der Waals surface area (Å²) in [5.74, 6) is 0.402. The lowest BCUT2D eigenvalue weighted by atomic mass is 9.91. The zero-order valence-corrected chi connectivity index (χ0v) is 19.4. The lowest BCUT2D eigenvalue weighted by Gasteiger charge is -2.38. The van der Waals surface area contributed by atoms with Crippen LogP contribution in [0.25, 0.3) is 0 Å². The Labute approximate surface area is 195 Å². The zero-order chi connectivity index (χ0) is 22.3. The Hall–Kier alpha value is -2.76. The molecular weight excluding hydrogens is 414 g/mol. The van der Waals surface area contributed by atoms with E-state index in [0.29, 0.717) is 23.7 Å². The second-order valence-electron chi connectivity index (χ2n) is 8.37. The van der Waals surface area contributed by atoms with Gasteiger partial charge in [0.2, 0.25) is 0 Å². The van der Waals surface area contributed by atoms with Crippen LogP contribution in [-0.2, 0) is 0 Å². The van der Waals surface area contributed by atoms with Gasteiger partial charge in [0.1, 0.15) is 0 Å². The molecule has 1 fully saturated rings. The Kier molecular flexibility index (Phi) is 7.51. The standard InChI is InChI=1S/C27H31N3OS/c1-32-23-12-13-25(28)24(18-23)27(31)29-19-20-14-16-30(17-15-20)26(21-8-4-2-5-9-21)22-10-6-3-7-11-22/h2-13,18,20,26H,14-17,19,28H2,1H3,(H,29,31). The molecule has 0 aromatic heterocycles. The number of anilines is 1. The van der Waals surface area contributed by atoms with Crippen LogP contribution in [0.15, 0.2) is 83.8 Å². The van der Waals surface area contributed by atoms with Gasteiger partial charge in [0.15, 0.2) is 0 Å². The highest BCUT2D eigenvalue weighted by Crippen LogP contribution is 2.32. The number of nitrogens with one attached hydrogen (secondary N) is 1. The van der Waals surface area contributed by atoms with Gasteiger partial charge in [-0.1, -0.05) is 60.7 Å². The molecule has 0 saturated carbocycles. The van der Waals surface area contributed by atoms with Crippen molar-refractivity contribution < 1.29 is 4.79 Å². The van der Waals surface area contributed by atoms with E-state index in [4.69, 9.17) is 5.73 Å². The fraction of sp³-hybridized carbons (Fsp3) is 0.296. The summed E-state index contributed by atoms with van der Waals surface area (Å²) in [6.45, 7) is 2.72. The average molecular weight is 446 g/mol. The Balaban J connectivity index is 1.37. The molecule has 0 radical (unpaired) electrons. The first kappa shape index (κ1) is 22.4. The molecule has 0 bridgehead atoms. The first-order valence-electron chi connectivity index (χ1n) is 11.2.